The van der Waals surface area contributed by atoms with Crippen LogP contribution in [0.15, 0.2) is 30.3 Å². The van der Waals surface area contributed by atoms with Crippen LogP contribution in [0, 0.1) is 5.41 Å². The summed E-state index contributed by atoms with van der Waals surface area (Å²) in [6.07, 6.45) is 2.23. The molecule has 0 bridgehead atoms. The standard InChI is InChI=1S/C20H28N2O4.ClH/c23-14-19(12-21-13-19)18(25)22-8-6-20(7-9-22)11-16(24)10-17(26-20)15-4-2-1-3-5-15;/h1-5,16-17,21,23-24H,6-14H2;1H/t16-,17+;/m0./s1. The van der Waals surface area contributed by atoms with E-state index in [1.54, 1.807) is 0 Å². The first kappa shape index (κ1) is 20.6. The second-order valence-corrected chi connectivity index (χ2v) is 8.13. The summed E-state index contributed by atoms with van der Waals surface area (Å²) in [4.78, 5) is 14.7. The molecular weight excluding hydrogens is 368 g/mol. The van der Waals surface area contributed by atoms with Gasteiger partial charge in [-0.1, -0.05) is 30.3 Å². The van der Waals surface area contributed by atoms with Gasteiger partial charge in [-0.25, -0.2) is 0 Å². The number of nitrogens with one attached hydrogen (secondary N) is 1. The maximum Gasteiger partial charge on any atom is 0.233 e. The van der Waals surface area contributed by atoms with E-state index in [4.69, 9.17) is 4.74 Å². The van der Waals surface area contributed by atoms with Crippen LogP contribution in [0.3, 0.4) is 0 Å². The molecule has 1 amide bonds. The highest BCUT2D eigenvalue weighted by molar-refractivity contribution is 5.85. The number of carbonyl (C=O) groups is 1. The van der Waals surface area contributed by atoms with Crippen LogP contribution < -0.4 is 5.32 Å². The Balaban J connectivity index is 0.00000210. The van der Waals surface area contributed by atoms with Gasteiger partial charge in [-0.05, 0) is 18.4 Å². The molecule has 27 heavy (non-hydrogen) atoms. The van der Waals surface area contributed by atoms with Crippen LogP contribution in [-0.4, -0.2) is 65.5 Å². The Kier molecular flexibility index (Phi) is 6.13. The number of amides is 1. The topological polar surface area (TPSA) is 82.0 Å². The van der Waals surface area contributed by atoms with Crippen molar-refractivity contribution >= 4 is 18.3 Å². The van der Waals surface area contributed by atoms with Crippen molar-refractivity contribution in [1.29, 1.82) is 0 Å². The number of carbonyl (C=O) groups excluding carboxylic acids is 1. The normalized spacial score (nSPS) is 28.9. The van der Waals surface area contributed by atoms with Gasteiger partial charge in [-0.2, -0.15) is 0 Å². The third-order valence-electron chi connectivity index (χ3n) is 6.30. The summed E-state index contributed by atoms with van der Waals surface area (Å²) < 4.78 is 6.49. The predicted octanol–water partition coefficient (Wildman–Crippen LogP) is 1.26. The fourth-order valence-corrected chi connectivity index (χ4v) is 4.56. The minimum atomic E-state index is -0.635. The molecule has 3 aliphatic heterocycles. The van der Waals surface area contributed by atoms with E-state index in [1.807, 2.05) is 35.2 Å². The Hall–Kier alpha value is -1.18. The van der Waals surface area contributed by atoms with Gasteiger partial charge in [0.05, 0.1) is 29.8 Å². The van der Waals surface area contributed by atoms with Gasteiger partial charge in [0.25, 0.3) is 0 Å². The first-order valence-electron chi connectivity index (χ1n) is 9.58. The fourth-order valence-electron chi connectivity index (χ4n) is 4.56. The number of piperidine rings is 1. The van der Waals surface area contributed by atoms with Crippen molar-refractivity contribution in [1.82, 2.24) is 10.2 Å². The lowest BCUT2D eigenvalue weighted by Gasteiger charge is -2.50. The van der Waals surface area contributed by atoms with Gasteiger partial charge in [-0.3, -0.25) is 4.79 Å². The van der Waals surface area contributed by atoms with E-state index < -0.39 is 5.41 Å². The van der Waals surface area contributed by atoms with E-state index in [9.17, 15) is 15.0 Å². The molecule has 150 valence electrons. The number of halogens is 1. The molecule has 0 radical (unpaired) electrons. The van der Waals surface area contributed by atoms with Gasteiger partial charge < -0.3 is 25.2 Å². The van der Waals surface area contributed by atoms with E-state index in [0.29, 0.717) is 39.0 Å². The molecule has 1 spiro atoms. The van der Waals surface area contributed by atoms with Crippen LogP contribution in [-0.2, 0) is 9.53 Å². The molecule has 3 heterocycles. The van der Waals surface area contributed by atoms with Crippen molar-refractivity contribution in [3.63, 3.8) is 0 Å². The lowest BCUT2D eigenvalue weighted by molar-refractivity contribution is -0.189. The van der Waals surface area contributed by atoms with Crippen LogP contribution >= 0.6 is 12.4 Å². The fraction of sp³-hybridized carbons (Fsp3) is 0.650. The zero-order valence-electron chi connectivity index (χ0n) is 15.5. The maximum atomic E-state index is 12.8. The highest BCUT2D eigenvalue weighted by Crippen LogP contribution is 2.43. The van der Waals surface area contributed by atoms with Crippen molar-refractivity contribution in [3.05, 3.63) is 35.9 Å². The molecule has 3 aliphatic rings. The molecule has 4 rings (SSSR count). The quantitative estimate of drug-likeness (QED) is 0.716. The molecule has 0 aromatic heterocycles. The third-order valence-corrected chi connectivity index (χ3v) is 6.30. The third kappa shape index (κ3) is 3.87. The number of benzene rings is 1. The lowest BCUT2D eigenvalue weighted by Crippen LogP contribution is -2.65. The number of hydrogen-bond donors (Lipinski definition) is 3. The second-order valence-electron chi connectivity index (χ2n) is 8.13. The number of rotatable bonds is 3. The number of nitrogens with zero attached hydrogens (tertiary/aromatic N) is 1. The SMILES string of the molecule is Cl.O=C(N1CCC2(CC1)C[C@@H](O)C[C@H](c1ccccc1)O2)C1(CO)CNC1. The number of hydrogen-bond acceptors (Lipinski definition) is 5. The molecule has 0 saturated carbocycles. The number of aliphatic hydroxyl groups is 2. The summed E-state index contributed by atoms with van der Waals surface area (Å²) in [7, 11) is 0. The van der Waals surface area contributed by atoms with Gasteiger partial charge in [0.1, 0.15) is 0 Å². The molecular formula is C20H29ClN2O4. The summed E-state index contributed by atoms with van der Waals surface area (Å²) in [5.41, 5.74) is 0.104. The van der Waals surface area contributed by atoms with Crippen LogP contribution in [0.5, 0.6) is 0 Å². The average molecular weight is 397 g/mol. The minimum Gasteiger partial charge on any atom is -0.395 e. The van der Waals surface area contributed by atoms with Gasteiger partial charge in [-0.15, -0.1) is 12.4 Å². The number of ether oxygens (including phenoxy) is 1. The lowest BCUT2D eigenvalue weighted by atomic mass is 9.78. The maximum absolute atomic E-state index is 12.8. The molecule has 3 N–H and O–H groups in total. The van der Waals surface area contributed by atoms with E-state index >= 15 is 0 Å². The summed E-state index contributed by atoms with van der Waals surface area (Å²) in [6.45, 7) is 2.24. The van der Waals surface area contributed by atoms with Crippen molar-refractivity contribution in [2.75, 3.05) is 32.8 Å². The Bertz CT molecular complexity index is 639. The molecule has 0 unspecified atom stereocenters. The molecule has 2 atom stereocenters. The summed E-state index contributed by atoms with van der Waals surface area (Å²) in [5.74, 6) is 0.0459. The van der Waals surface area contributed by atoms with Crippen LogP contribution in [0.25, 0.3) is 0 Å². The van der Waals surface area contributed by atoms with E-state index in [2.05, 4.69) is 5.32 Å². The van der Waals surface area contributed by atoms with Crippen LogP contribution in [0.2, 0.25) is 0 Å². The zero-order valence-corrected chi connectivity index (χ0v) is 16.3. The van der Waals surface area contributed by atoms with Crippen molar-refractivity contribution in [2.45, 2.75) is 43.5 Å². The van der Waals surface area contributed by atoms with E-state index in [-0.39, 0.29) is 42.7 Å². The molecule has 3 saturated heterocycles. The molecule has 1 aromatic carbocycles. The van der Waals surface area contributed by atoms with Crippen LogP contribution in [0.4, 0.5) is 0 Å². The minimum absolute atomic E-state index is 0. The smallest absolute Gasteiger partial charge is 0.233 e. The Morgan fingerprint density at radius 2 is 1.89 bits per heavy atom. The van der Waals surface area contributed by atoms with Crippen LogP contribution in [0.1, 0.15) is 37.4 Å². The highest BCUT2D eigenvalue weighted by Gasteiger charge is 2.49. The molecule has 7 heteroatoms. The molecule has 3 fully saturated rings. The Morgan fingerprint density at radius 1 is 1.22 bits per heavy atom. The van der Waals surface area contributed by atoms with Gasteiger partial charge in [0, 0.05) is 39.0 Å². The second kappa shape index (κ2) is 8.05. The summed E-state index contributed by atoms with van der Waals surface area (Å²) >= 11 is 0. The van der Waals surface area contributed by atoms with E-state index in [1.165, 1.54) is 0 Å². The van der Waals surface area contributed by atoms with Gasteiger partial charge in [0.2, 0.25) is 5.91 Å². The Morgan fingerprint density at radius 3 is 2.44 bits per heavy atom. The first-order valence-corrected chi connectivity index (χ1v) is 9.58. The van der Waals surface area contributed by atoms with Crippen molar-refractivity contribution < 1.29 is 19.7 Å². The monoisotopic (exact) mass is 396 g/mol. The van der Waals surface area contributed by atoms with Gasteiger partial charge in [0.15, 0.2) is 0 Å². The average Bonchev–Trinajstić information content (AvgIpc) is 2.62. The summed E-state index contributed by atoms with van der Waals surface area (Å²) in [6, 6.07) is 10.1. The van der Waals surface area contributed by atoms with Crippen molar-refractivity contribution in [3.8, 4) is 0 Å². The summed E-state index contributed by atoms with van der Waals surface area (Å²) in [5, 5.41) is 23.2. The number of likely N-dealkylation sites (tertiary alicyclic amines) is 1. The molecule has 0 aliphatic carbocycles. The molecule has 6 nitrogen and oxygen atoms in total. The first-order chi connectivity index (χ1) is 12.6. The van der Waals surface area contributed by atoms with E-state index in [0.717, 1.165) is 18.4 Å². The molecule has 1 aromatic rings. The predicted molar refractivity (Wildman–Crippen MR) is 104 cm³/mol. The largest absolute Gasteiger partial charge is 0.395 e. The number of aliphatic hydroxyl groups excluding tert-OH is 2. The zero-order chi connectivity index (χ0) is 18.2. The van der Waals surface area contributed by atoms with Crippen molar-refractivity contribution in [2.24, 2.45) is 5.41 Å². The Labute approximate surface area is 166 Å². The highest BCUT2D eigenvalue weighted by atomic mass is 35.5. The van der Waals surface area contributed by atoms with Gasteiger partial charge >= 0.3 is 0 Å².